The van der Waals surface area contributed by atoms with Gasteiger partial charge in [-0.3, -0.25) is 4.79 Å². The van der Waals surface area contributed by atoms with Gasteiger partial charge in [-0.25, -0.2) is 0 Å². The Hall–Kier alpha value is -0.667. The van der Waals surface area contributed by atoms with Crippen molar-refractivity contribution >= 4 is 42.6 Å². The summed E-state index contributed by atoms with van der Waals surface area (Å²) in [6.07, 6.45) is 1.56. The molecule has 0 saturated carbocycles. The van der Waals surface area contributed by atoms with Gasteiger partial charge in [0.1, 0.15) is 16.4 Å². The van der Waals surface area contributed by atoms with Crippen LogP contribution in [-0.2, 0) is 54.7 Å². The van der Waals surface area contributed by atoms with Gasteiger partial charge in [-0.15, -0.1) is 0 Å². The summed E-state index contributed by atoms with van der Waals surface area (Å²) in [6, 6.07) is 42.9. The molecule has 0 radical (unpaired) electrons. The Labute approximate surface area is 511 Å². The van der Waals surface area contributed by atoms with Crippen LogP contribution in [0.2, 0.25) is 0 Å². The molecule has 6 aromatic carbocycles. The molecule has 18 heteroatoms. The van der Waals surface area contributed by atoms with Crippen molar-refractivity contribution in [2.45, 2.75) is 69.7 Å². The molecule has 1 N–H and O–H groups in total. The van der Waals surface area contributed by atoms with Crippen LogP contribution < -0.4 is 175 Å². The van der Waals surface area contributed by atoms with Crippen LogP contribution in [0, 0.1) is 13.8 Å². The van der Waals surface area contributed by atoms with E-state index in [0.29, 0.717) is 12.4 Å². The fraction of sp³-hybridized carbons (Fsp3) is 0.196. The molecular weight excluding hydrogens is 1100 g/mol. The normalized spacial score (nSPS) is 9.72. The monoisotopic (exact) mass is 1150 g/mol. The first-order valence-corrected chi connectivity index (χ1v) is 22.1. The number of phenols is 1. The van der Waals surface area contributed by atoms with Crippen LogP contribution in [0.4, 0.5) is 0 Å². The molecule has 0 aliphatic carbocycles. The van der Waals surface area contributed by atoms with Crippen LogP contribution in [0.15, 0.2) is 155 Å². The molecule has 0 unspecified atom stereocenters. The summed E-state index contributed by atoms with van der Waals surface area (Å²) >= 11 is 3.36. The van der Waals surface area contributed by atoms with Gasteiger partial charge in [0, 0.05) is 5.33 Å². The average Bonchev–Trinajstić information content (AvgIpc) is 3.25. The second-order valence-corrected chi connectivity index (χ2v) is 16.2. The Bertz CT molecular complexity index is 2420. The maximum Gasteiger partial charge on any atom is 1.00 e. The molecular formula is C46H50BrIK2NaO11S2+. The van der Waals surface area contributed by atoms with Crippen molar-refractivity contribution in [1.29, 1.82) is 0 Å². The number of carbonyl (C=O) groups excluding carboxylic acids is 1. The van der Waals surface area contributed by atoms with Gasteiger partial charge in [0.2, 0.25) is 0 Å². The van der Waals surface area contributed by atoms with Gasteiger partial charge < -0.3 is 52.3 Å². The van der Waals surface area contributed by atoms with Gasteiger partial charge in [-0.05, 0) is 97.5 Å². The number of aromatic hydroxyl groups is 1. The summed E-state index contributed by atoms with van der Waals surface area (Å²) < 4.78 is 65.7. The number of phenolic OH excluding ortho intramolecular Hbond substituents is 1. The molecule has 0 amide bonds. The maximum atomic E-state index is 12.6. The van der Waals surface area contributed by atoms with E-state index in [1.165, 1.54) is 42.0 Å². The standard InChI is InChI=1S/C22H22O4S.C15H16O4S.C7H7Br.CH2O3.CH4.HI.2K.Na/c1-3-18-11-14-21(22(15-18)25-16-19-7-5-4-6-8-19)26-27(23,24)20-12-9-17(2)10-13-20;1-3-12-6-9-15(14(16)10-12)19-20(17,18)13-7-4-11(2)5-8-13;8-6-7-4-2-1-3-5-7;2-1-4-3;;;;;/h4-15H,3,16H2,1-2H3;4-10,16H,3H2,1-2H3;1-5H,6H2;1,3H;1H4;1H;;;/q;;;;;;3*+1/p-2. The van der Waals surface area contributed by atoms with E-state index >= 15 is 0 Å². The Morgan fingerprint density at radius 2 is 0.984 bits per heavy atom. The first kappa shape index (κ1) is 67.6. The van der Waals surface area contributed by atoms with Gasteiger partial charge in [-0.2, -0.15) is 16.8 Å². The summed E-state index contributed by atoms with van der Waals surface area (Å²) in [7, 11) is -7.87. The van der Waals surface area contributed by atoms with E-state index in [9.17, 15) is 21.9 Å². The van der Waals surface area contributed by atoms with Gasteiger partial charge in [0.15, 0.2) is 23.0 Å². The SMILES string of the molecule is BrCc1ccccc1.C.CCc1ccc(OS(=O)(=O)c2ccc(C)cc2)c(O)c1.CCc1ccc(OS(=O)(=O)c2ccc(C)cc2)c(OCc2ccccc2)c1.O=CO[O-].[I-].[K+].[K+].[Na+]. The van der Waals surface area contributed by atoms with Crippen LogP contribution in [0.25, 0.3) is 0 Å². The zero-order valence-electron chi connectivity index (χ0n) is 36.4. The number of rotatable bonds is 13. The summed E-state index contributed by atoms with van der Waals surface area (Å²) in [5.74, 6) is 0.348. The number of hydrogen-bond acceptors (Lipinski definition) is 11. The van der Waals surface area contributed by atoms with Crippen molar-refractivity contribution < 1.29 is 206 Å². The summed E-state index contributed by atoms with van der Waals surface area (Å²) in [5, 5.41) is 19.2. The van der Waals surface area contributed by atoms with Crippen LogP contribution in [0.5, 0.6) is 23.0 Å². The first-order chi connectivity index (χ1) is 28.2. The molecule has 64 heavy (non-hydrogen) atoms. The molecule has 328 valence electrons. The van der Waals surface area contributed by atoms with Crippen LogP contribution in [0.1, 0.15) is 54.7 Å². The van der Waals surface area contributed by atoms with E-state index < -0.39 is 20.2 Å². The number of aryl methyl sites for hydroxylation is 4. The predicted molar refractivity (Wildman–Crippen MR) is 235 cm³/mol. The van der Waals surface area contributed by atoms with E-state index in [0.717, 1.165) is 46.0 Å². The van der Waals surface area contributed by atoms with Crippen molar-refractivity contribution in [1.82, 2.24) is 0 Å². The van der Waals surface area contributed by atoms with Gasteiger partial charge in [0.05, 0.1) is 0 Å². The van der Waals surface area contributed by atoms with E-state index in [1.807, 2.05) is 88.4 Å². The molecule has 0 saturated heterocycles. The van der Waals surface area contributed by atoms with Crippen molar-refractivity contribution in [3.05, 3.63) is 179 Å². The number of halogens is 2. The third-order valence-corrected chi connectivity index (χ3v) is 11.3. The molecule has 6 aromatic rings. The minimum absolute atomic E-state index is 0. The van der Waals surface area contributed by atoms with Crippen LogP contribution >= 0.6 is 15.9 Å². The van der Waals surface area contributed by atoms with Gasteiger partial charge >= 0.3 is 153 Å². The number of alkyl halides is 1. The molecule has 0 fully saturated rings. The molecule has 0 atom stereocenters. The fourth-order valence-corrected chi connectivity index (χ4v) is 7.11. The molecule has 0 heterocycles. The summed E-state index contributed by atoms with van der Waals surface area (Å²) in [6.45, 7) is 7.88. The Morgan fingerprint density at radius 3 is 1.36 bits per heavy atom. The fourth-order valence-electron chi connectivity index (χ4n) is 4.85. The maximum absolute atomic E-state index is 12.6. The topological polar surface area (TPSA) is 166 Å². The smallest absolute Gasteiger partial charge is 1.00 e. The van der Waals surface area contributed by atoms with Gasteiger partial charge in [0.25, 0.3) is 6.47 Å². The molecule has 6 rings (SSSR count). The van der Waals surface area contributed by atoms with Crippen LogP contribution in [0.3, 0.4) is 0 Å². The zero-order chi connectivity index (χ0) is 43.3. The third kappa shape index (κ3) is 24.6. The summed E-state index contributed by atoms with van der Waals surface area (Å²) in [5.41, 5.74) is 6.20. The minimum Gasteiger partial charge on any atom is -1.00 e. The second kappa shape index (κ2) is 36.3. The number of carbonyl (C=O) groups is 1. The van der Waals surface area contributed by atoms with E-state index in [-0.39, 0.29) is 197 Å². The molecule has 0 aromatic heterocycles. The third-order valence-electron chi connectivity index (χ3n) is 8.14. The molecule has 0 bridgehead atoms. The number of hydrogen-bond donors (Lipinski definition) is 1. The molecule has 0 aliphatic heterocycles. The molecule has 0 spiro atoms. The second-order valence-electron chi connectivity index (χ2n) is 12.6. The summed E-state index contributed by atoms with van der Waals surface area (Å²) in [4.78, 5) is 11.4. The quantitative estimate of drug-likeness (QED) is 0.0250. The van der Waals surface area contributed by atoms with Gasteiger partial charge in [-0.1, -0.05) is 145 Å². The Balaban J connectivity index is -0.000000887. The van der Waals surface area contributed by atoms with Crippen molar-refractivity contribution in [2.24, 2.45) is 0 Å². The van der Waals surface area contributed by atoms with Crippen LogP contribution in [-0.4, -0.2) is 28.4 Å². The first-order valence-electron chi connectivity index (χ1n) is 18.2. The van der Waals surface area contributed by atoms with Crippen molar-refractivity contribution in [3.63, 3.8) is 0 Å². The van der Waals surface area contributed by atoms with E-state index in [2.05, 4.69) is 33.0 Å². The number of benzene rings is 6. The van der Waals surface area contributed by atoms with Crippen molar-refractivity contribution in [2.75, 3.05) is 0 Å². The number of ether oxygens (including phenoxy) is 1. The predicted octanol–water partition coefficient (Wildman–Crippen LogP) is -2.40. The largest absolute Gasteiger partial charge is 1.00 e. The van der Waals surface area contributed by atoms with E-state index in [4.69, 9.17) is 23.2 Å². The van der Waals surface area contributed by atoms with E-state index in [1.54, 1.807) is 36.4 Å². The Kier molecular flexibility index (Phi) is 38.4. The average molecular weight is 1150 g/mol. The zero-order valence-corrected chi connectivity index (χ0v) is 50.0. The minimum atomic E-state index is -3.94. The Morgan fingerprint density at radius 1 is 0.594 bits per heavy atom. The molecule has 11 nitrogen and oxygen atoms in total. The van der Waals surface area contributed by atoms with Crippen molar-refractivity contribution in [3.8, 4) is 23.0 Å². The molecule has 0 aliphatic rings.